The van der Waals surface area contributed by atoms with Crippen molar-refractivity contribution in [2.45, 2.75) is 130 Å². The van der Waals surface area contributed by atoms with E-state index >= 15 is 0 Å². The quantitative estimate of drug-likeness (QED) is 0.0587. The number of benzene rings is 3. The van der Waals surface area contributed by atoms with Crippen LogP contribution in [0.4, 0.5) is 0 Å². The molecule has 2 aliphatic heterocycles. The first-order chi connectivity index (χ1) is 34.7. The largest absolute Gasteiger partial charge is 0.494 e. The van der Waals surface area contributed by atoms with E-state index in [1.54, 1.807) is 53.8 Å². The van der Waals surface area contributed by atoms with E-state index in [1.807, 2.05) is 45.3 Å². The maximum Gasteiger partial charge on any atom is 0.251 e. The highest BCUT2D eigenvalue weighted by molar-refractivity contribution is 7.13. The van der Waals surface area contributed by atoms with Gasteiger partial charge in [-0.3, -0.25) is 19.2 Å². The highest BCUT2D eigenvalue weighted by Crippen LogP contribution is 2.55. The highest BCUT2D eigenvalue weighted by Gasteiger charge is 2.64. The lowest BCUT2D eigenvalue weighted by atomic mass is 9.49. The van der Waals surface area contributed by atoms with Gasteiger partial charge in [-0.1, -0.05) is 84.3 Å². The fourth-order valence-corrected chi connectivity index (χ4v) is 11.9. The fraction of sp³-hybridized carbons (Fsp3) is 0.536. The summed E-state index contributed by atoms with van der Waals surface area (Å²) in [5.41, 5.74) is 4.23. The number of likely N-dealkylation sites (tertiary alicyclic amines) is 2. The van der Waals surface area contributed by atoms with E-state index in [2.05, 4.69) is 71.7 Å². The van der Waals surface area contributed by atoms with Crippen LogP contribution in [-0.2, 0) is 19.1 Å². The molecule has 3 aromatic carbocycles. The van der Waals surface area contributed by atoms with Crippen LogP contribution in [0.2, 0.25) is 5.02 Å². The van der Waals surface area contributed by atoms with Crippen molar-refractivity contribution in [3.63, 3.8) is 0 Å². The summed E-state index contributed by atoms with van der Waals surface area (Å²) >= 11 is 7.84. The normalized spacial score (nSPS) is 21.1. The van der Waals surface area contributed by atoms with Gasteiger partial charge in [0.1, 0.15) is 42.4 Å². The number of carbonyl (C=O) groups excluding carboxylic acids is 4. The van der Waals surface area contributed by atoms with Crippen molar-refractivity contribution in [2.75, 3.05) is 46.0 Å². The molecule has 0 radical (unpaired) electrons. The first-order valence-corrected chi connectivity index (χ1v) is 26.7. The Balaban J connectivity index is 0.827. The van der Waals surface area contributed by atoms with Gasteiger partial charge in [0.2, 0.25) is 17.7 Å². The van der Waals surface area contributed by atoms with Crippen LogP contribution in [0.3, 0.4) is 0 Å². The Bertz CT molecular complexity index is 2590. The van der Waals surface area contributed by atoms with Gasteiger partial charge in [-0.2, -0.15) is 5.26 Å². The summed E-state index contributed by atoms with van der Waals surface area (Å²) < 4.78 is 18.0. The number of hydrogen-bond acceptors (Lipinski definition) is 12. The van der Waals surface area contributed by atoms with Crippen molar-refractivity contribution in [1.29, 1.82) is 5.26 Å². The van der Waals surface area contributed by atoms with Crippen molar-refractivity contribution < 1.29 is 38.5 Å². The number of carbonyl (C=O) groups is 4. The lowest BCUT2D eigenvalue weighted by Crippen LogP contribution is -2.74. The number of hydrogen-bond donors (Lipinski definition) is 4. The van der Waals surface area contributed by atoms with Crippen LogP contribution < -0.4 is 25.4 Å². The van der Waals surface area contributed by atoms with Crippen LogP contribution in [0.5, 0.6) is 11.5 Å². The van der Waals surface area contributed by atoms with Gasteiger partial charge in [0.25, 0.3) is 5.91 Å². The van der Waals surface area contributed by atoms with Crippen LogP contribution in [0.25, 0.3) is 10.4 Å². The number of aryl methyl sites for hydroxylation is 1. The first kappa shape index (κ1) is 55.2. The average Bonchev–Trinajstić information content (AvgIpc) is 4.13. The average molecular weight is 1040 g/mol. The lowest BCUT2D eigenvalue weighted by molar-refractivity contribution is -0.164. The third-order valence-electron chi connectivity index (χ3n) is 14.5. The number of nitrogens with zero attached hydrogens (tertiary/aromatic N) is 4. The number of thiazole rings is 1. The minimum atomic E-state index is -0.967. The molecule has 4 N–H and O–H groups in total. The molecular weight excluding hydrogens is 966 g/mol. The zero-order valence-corrected chi connectivity index (χ0v) is 45.0. The first-order valence-electron chi connectivity index (χ1n) is 25.5. The van der Waals surface area contributed by atoms with E-state index in [9.17, 15) is 29.5 Å². The number of ether oxygens (including phenoxy) is 3. The van der Waals surface area contributed by atoms with Gasteiger partial charge in [-0.15, -0.1) is 11.3 Å². The molecule has 4 atom stereocenters. The molecule has 0 bridgehead atoms. The Kier molecular flexibility index (Phi) is 18.0. The molecule has 1 saturated carbocycles. The third-order valence-corrected chi connectivity index (χ3v) is 15.8. The van der Waals surface area contributed by atoms with E-state index in [-0.39, 0.29) is 49.6 Å². The SMILES string of the molecule is Cc1ncsc1-c1ccc([C@@H](CN2CCCC2)NC(=O)[C@@H]2C[C@@H](O)CN2C(=O)[C@@H](NC(=O)COCCCCCOc2ccc(C(=O)N[C@H]3C(C)(C)[C@H](Oc4ccc(C#N)c(Cl)c4)C3(C)C)cc2)C(C)(C)C)cc1. The number of unbranched alkanes of at least 4 members (excludes halogenated alkanes) is 2. The van der Waals surface area contributed by atoms with Gasteiger partial charge in [-0.25, -0.2) is 4.98 Å². The molecular formula is C56H72ClN7O8S. The molecule has 4 amide bonds. The zero-order chi connectivity index (χ0) is 52.7. The molecule has 3 heterocycles. The van der Waals surface area contributed by atoms with Crippen LogP contribution >= 0.6 is 22.9 Å². The van der Waals surface area contributed by atoms with Crippen LogP contribution in [-0.4, -0.2) is 120 Å². The van der Waals surface area contributed by atoms with Gasteiger partial charge in [0.15, 0.2) is 0 Å². The number of rotatable bonds is 21. The summed E-state index contributed by atoms with van der Waals surface area (Å²) in [6.07, 6.45) is 3.43. The molecule has 1 aliphatic carbocycles. The number of amides is 4. The molecule has 0 unspecified atom stereocenters. The maximum absolute atomic E-state index is 14.3. The summed E-state index contributed by atoms with van der Waals surface area (Å²) in [7, 11) is 0. The van der Waals surface area contributed by atoms with Crippen molar-refractivity contribution in [2.24, 2.45) is 16.2 Å². The lowest BCUT2D eigenvalue weighted by Gasteiger charge is -2.63. The molecule has 7 rings (SSSR count). The molecule has 3 aliphatic rings. The highest BCUT2D eigenvalue weighted by atomic mass is 35.5. The van der Waals surface area contributed by atoms with Gasteiger partial charge in [0.05, 0.1) is 45.4 Å². The molecule has 0 spiro atoms. The number of aromatic nitrogens is 1. The van der Waals surface area contributed by atoms with Gasteiger partial charge in [0, 0.05) is 54.6 Å². The van der Waals surface area contributed by atoms with Crippen molar-refractivity contribution in [1.82, 2.24) is 30.7 Å². The predicted molar refractivity (Wildman–Crippen MR) is 282 cm³/mol. The molecule has 3 fully saturated rings. The number of β-amino-alcohol motifs (C(OH)–C–C–N with tert-alkyl or cyclic N) is 1. The number of nitrogens with one attached hydrogen (secondary N) is 3. The summed E-state index contributed by atoms with van der Waals surface area (Å²) in [4.78, 5) is 64.4. The zero-order valence-electron chi connectivity index (χ0n) is 43.5. The third kappa shape index (κ3) is 13.4. The van der Waals surface area contributed by atoms with E-state index in [0.717, 1.165) is 60.5 Å². The van der Waals surface area contributed by atoms with Gasteiger partial charge < -0.3 is 45.1 Å². The topological polar surface area (TPSA) is 195 Å². The smallest absolute Gasteiger partial charge is 0.251 e. The van der Waals surface area contributed by atoms with Crippen LogP contribution in [0, 0.1) is 34.5 Å². The summed E-state index contributed by atoms with van der Waals surface area (Å²) in [6, 6.07) is 20.0. The molecule has 15 nitrogen and oxygen atoms in total. The minimum absolute atomic E-state index is 0.0162. The Labute approximate surface area is 439 Å². The van der Waals surface area contributed by atoms with E-state index in [1.165, 1.54) is 4.90 Å². The Morgan fingerprint density at radius 2 is 1.60 bits per heavy atom. The second-order valence-corrected chi connectivity index (χ2v) is 23.3. The van der Waals surface area contributed by atoms with Crippen LogP contribution in [0.1, 0.15) is 120 Å². The number of aliphatic hydroxyl groups excluding tert-OH is 1. The summed E-state index contributed by atoms with van der Waals surface area (Å²) in [5, 5.41) is 29.7. The second kappa shape index (κ2) is 23.7. The van der Waals surface area contributed by atoms with Crippen molar-refractivity contribution in [3.8, 4) is 28.0 Å². The Morgan fingerprint density at radius 1 is 0.932 bits per heavy atom. The predicted octanol–water partition coefficient (Wildman–Crippen LogP) is 8.27. The molecule has 17 heteroatoms. The van der Waals surface area contributed by atoms with Crippen molar-refractivity contribution in [3.05, 3.63) is 99.6 Å². The molecule has 2 saturated heterocycles. The standard InChI is InChI=1S/C56H72ClN7O8S/c1-35-47(73-34-59-35)37-16-14-36(15-17-37)44(32-63-24-10-11-25-63)60-50(68)45-28-40(65)31-64(45)51(69)48(54(2,3)4)61-46(66)33-70-26-12-9-13-27-71-41-21-18-38(19-22-41)49(67)62-52-55(5,6)53(56(52,7)8)72-42-23-20-39(30-58)43(57)29-42/h14-23,29,34,40,44-45,48,52-53,65H,9-13,24-28,31-33H2,1-8H3,(H,60,68)(H,61,66)(H,62,67)/t40-,44-,45+,48-,52-,53-/m1/s1. The van der Waals surface area contributed by atoms with Gasteiger partial charge >= 0.3 is 0 Å². The van der Waals surface area contributed by atoms with E-state index in [0.29, 0.717) is 53.8 Å². The molecule has 1 aromatic heterocycles. The minimum Gasteiger partial charge on any atom is -0.494 e. The number of nitriles is 1. The number of halogens is 1. The maximum atomic E-state index is 14.3. The molecule has 73 heavy (non-hydrogen) atoms. The molecule has 392 valence electrons. The van der Waals surface area contributed by atoms with E-state index < -0.39 is 46.2 Å². The number of aliphatic hydroxyl groups is 1. The Morgan fingerprint density at radius 3 is 2.23 bits per heavy atom. The fourth-order valence-electron chi connectivity index (χ4n) is 10.8. The summed E-state index contributed by atoms with van der Waals surface area (Å²) in [5.74, 6) is -0.177. The van der Waals surface area contributed by atoms with Crippen LogP contribution in [0.15, 0.2) is 72.2 Å². The summed E-state index contributed by atoms with van der Waals surface area (Å²) in [6.45, 7) is 18.9. The molecule has 4 aromatic rings. The Hall–Kier alpha value is -5.57. The van der Waals surface area contributed by atoms with E-state index in [4.69, 9.17) is 25.8 Å². The second-order valence-electron chi connectivity index (χ2n) is 22.0. The monoisotopic (exact) mass is 1040 g/mol. The van der Waals surface area contributed by atoms with Gasteiger partial charge in [-0.05, 0) is 105 Å². The van der Waals surface area contributed by atoms with Crippen molar-refractivity contribution >= 4 is 46.6 Å².